The van der Waals surface area contributed by atoms with Crippen LogP contribution in [0.25, 0.3) is 0 Å². The van der Waals surface area contributed by atoms with Crippen molar-refractivity contribution in [1.29, 1.82) is 0 Å². The molecule has 0 aliphatic carbocycles. The fraction of sp³-hybridized carbons (Fsp3) is 0.480. The average molecular weight is 500 g/mol. The number of carbonyl (C=O) groups is 1. The minimum atomic E-state index is -0.564. The van der Waals surface area contributed by atoms with Crippen LogP contribution in [0, 0.1) is 5.92 Å². The highest BCUT2D eigenvalue weighted by Crippen LogP contribution is 2.40. The van der Waals surface area contributed by atoms with E-state index in [0.717, 1.165) is 23.3 Å². The van der Waals surface area contributed by atoms with E-state index in [0.29, 0.717) is 28.8 Å². The van der Waals surface area contributed by atoms with E-state index in [-0.39, 0.29) is 23.1 Å². The summed E-state index contributed by atoms with van der Waals surface area (Å²) in [7, 11) is 0. The third-order valence-electron chi connectivity index (χ3n) is 5.67. The molecule has 2 atom stereocenters. The number of hydrogen-bond donors (Lipinski definition) is 1. The van der Waals surface area contributed by atoms with Gasteiger partial charge in [-0.2, -0.15) is 0 Å². The molecule has 0 amide bonds. The van der Waals surface area contributed by atoms with E-state index >= 15 is 0 Å². The molecule has 4 nitrogen and oxygen atoms in total. The van der Waals surface area contributed by atoms with Gasteiger partial charge in [0.05, 0.1) is 28.7 Å². The van der Waals surface area contributed by atoms with Crippen molar-refractivity contribution in [2.75, 3.05) is 19.5 Å². The van der Waals surface area contributed by atoms with Crippen molar-refractivity contribution in [3.8, 4) is 11.5 Å². The number of aliphatic hydroxyl groups is 1. The fourth-order valence-electron chi connectivity index (χ4n) is 3.21. The molecule has 176 valence electrons. The van der Waals surface area contributed by atoms with Gasteiger partial charge in [-0.1, -0.05) is 74.8 Å². The fourth-order valence-corrected chi connectivity index (χ4v) is 4.37. The molecule has 7 heteroatoms. The summed E-state index contributed by atoms with van der Waals surface area (Å²) in [6.07, 6.45) is 2.58. The van der Waals surface area contributed by atoms with Gasteiger partial charge in [-0.3, -0.25) is 4.79 Å². The first-order valence-corrected chi connectivity index (χ1v) is 12.7. The summed E-state index contributed by atoms with van der Waals surface area (Å²) in [6.45, 7) is 8.57. The van der Waals surface area contributed by atoms with Crippen LogP contribution in [-0.2, 0) is 10.2 Å². The molecule has 0 bridgehead atoms. The number of benzene rings is 2. The predicted octanol–water partition coefficient (Wildman–Crippen LogP) is 6.76. The van der Waals surface area contributed by atoms with Gasteiger partial charge in [0.25, 0.3) is 0 Å². The van der Waals surface area contributed by atoms with Crippen LogP contribution in [0.5, 0.6) is 11.5 Å². The Morgan fingerprint density at radius 3 is 2.09 bits per heavy atom. The second-order valence-electron chi connectivity index (χ2n) is 8.23. The van der Waals surface area contributed by atoms with E-state index in [2.05, 4.69) is 13.8 Å². The van der Waals surface area contributed by atoms with E-state index in [1.807, 2.05) is 50.2 Å². The van der Waals surface area contributed by atoms with Crippen LogP contribution in [0.3, 0.4) is 0 Å². The number of thioether (sulfide) groups is 1. The van der Waals surface area contributed by atoms with Crippen LogP contribution < -0.4 is 9.47 Å². The van der Waals surface area contributed by atoms with Crippen LogP contribution in [0.1, 0.15) is 51.7 Å². The minimum Gasteiger partial charge on any atom is -0.493 e. The topological polar surface area (TPSA) is 55.8 Å². The molecule has 2 aromatic rings. The molecule has 2 unspecified atom stereocenters. The van der Waals surface area contributed by atoms with E-state index < -0.39 is 6.10 Å². The Bertz CT molecular complexity index is 876. The van der Waals surface area contributed by atoms with Crippen LogP contribution >= 0.6 is 35.0 Å². The van der Waals surface area contributed by atoms with E-state index in [1.54, 1.807) is 6.26 Å². The summed E-state index contributed by atoms with van der Waals surface area (Å²) in [5, 5.41) is 10.7. The number of aliphatic hydroxyl groups excluding tert-OH is 1. The number of halogens is 2. The van der Waals surface area contributed by atoms with Crippen molar-refractivity contribution < 1.29 is 19.4 Å². The Morgan fingerprint density at radius 2 is 1.59 bits per heavy atom. The zero-order chi connectivity index (χ0) is 23.9. The zero-order valence-corrected chi connectivity index (χ0v) is 21.6. The van der Waals surface area contributed by atoms with E-state index in [4.69, 9.17) is 32.7 Å². The molecule has 0 aliphatic rings. The molecular weight excluding hydrogens is 467 g/mol. The van der Waals surface area contributed by atoms with Crippen molar-refractivity contribution in [3.63, 3.8) is 0 Å². The Balaban J connectivity index is 2.16. The molecule has 0 aliphatic heterocycles. The third-order valence-corrected chi connectivity index (χ3v) is 6.96. The van der Waals surface area contributed by atoms with Crippen molar-refractivity contribution >= 4 is 40.1 Å². The highest BCUT2D eigenvalue weighted by Gasteiger charge is 2.26. The van der Waals surface area contributed by atoms with Crippen LogP contribution in [0.4, 0.5) is 0 Å². The predicted molar refractivity (Wildman–Crippen MR) is 135 cm³/mol. The Labute approximate surface area is 205 Å². The molecule has 0 spiro atoms. The molecule has 0 saturated carbocycles. The first kappa shape index (κ1) is 26.8. The quantitative estimate of drug-likeness (QED) is 0.370. The Kier molecular flexibility index (Phi) is 10.2. The van der Waals surface area contributed by atoms with Crippen molar-refractivity contribution in [3.05, 3.63) is 57.6 Å². The Morgan fingerprint density at radius 1 is 1.00 bits per heavy atom. The summed E-state index contributed by atoms with van der Waals surface area (Å²) in [5.41, 5.74) is 1.65. The largest absolute Gasteiger partial charge is 0.493 e. The highest BCUT2D eigenvalue weighted by molar-refractivity contribution is 8.13. The second kappa shape index (κ2) is 12.2. The maximum absolute atomic E-state index is 11.9. The molecule has 2 rings (SSSR count). The lowest BCUT2D eigenvalue weighted by atomic mass is 9.78. The molecule has 0 radical (unpaired) electrons. The molecular formula is C25H32Cl2O4S. The van der Waals surface area contributed by atoms with Gasteiger partial charge in [0.15, 0.2) is 10.9 Å². The summed E-state index contributed by atoms with van der Waals surface area (Å²) in [5.74, 6) is 1.00. The van der Waals surface area contributed by atoms with Gasteiger partial charge in [0.2, 0.25) is 0 Å². The van der Waals surface area contributed by atoms with E-state index in [9.17, 15) is 9.90 Å². The SMILES string of the molecule is CCC(O)COc1c(Cl)cc(C(C)(C)c2ccc(OCC(CC)C(=O)SC)cc2)cc1Cl. The lowest BCUT2D eigenvalue weighted by Crippen LogP contribution is -2.20. The monoisotopic (exact) mass is 498 g/mol. The lowest BCUT2D eigenvalue weighted by molar-refractivity contribution is -0.115. The summed E-state index contributed by atoms with van der Waals surface area (Å²) in [4.78, 5) is 11.9. The first-order chi connectivity index (χ1) is 15.1. The highest BCUT2D eigenvalue weighted by atomic mass is 35.5. The van der Waals surface area contributed by atoms with Crippen molar-refractivity contribution in [1.82, 2.24) is 0 Å². The van der Waals surface area contributed by atoms with Crippen LogP contribution in [0.2, 0.25) is 10.0 Å². The summed E-state index contributed by atoms with van der Waals surface area (Å²) >= 11 is 14.2. The standard InChI is InChI=1S/C25H32Cl2O4S/c1-6-16(24(29)32-5)14-30-20-10-8-17(9-11-20)25(3,4)18-12-21(26)23(22(27)13-18)31-15-19(28)7-2/h8-13,16,19,28H,6-7,14-15H2,1-5H3. The number of carbonyl (C=O) groups excluding carboxylic acids is 1. The third kappa shape index (κ3) is 6.80. The van der Waals surface area contributed by atoms with Gasteiger partial charge in [-0.15, -0.1) is 0 Å². The maximum atomic E-state index is 11.9. The van der Waals surface area contributed by atoms with Crippen LogP contribution in [-0.4, -0.2) is 35.8 Å². The van der Waals surface area contributed by atoms with Crippen molar-refractivity contribution in [2.45, 2.75) is 52.1 Å². The molecule has 2 aromatic carbocycles. The minimum absolute atomic E-state index is 0.107. The van der Waals surface area contributed by atoms with Gasteiger partial charge in [0.1, 0.15) is 12.4 Å². The average Bonchev–Trinajstić information content (AvgIpc) is 2.78. The maximum Gasteiger partial charge on any atom is 0.195 e. The zero-order valence-electron chi connectivity index (χ0n) is 19.3. The number of ether oxygens (including phenoxy) is 2. The second-order valence-corrected chi connectivity index (χ2v) is 9.86. The van der Waals surface area contributed by atoms with Gasteiger partial charge < -0.3 is 14.6 Å². The van der Waals surface area contributed by atoms with Gasteiger partial charge in [0, 0.05) is 5.41 Å². The van der Waals surface area contributed by atoms with Crippen molar-refractivity contribution in [2.24, 2.45) is 5.92 Å². The molecule has 1 N–H and O–H groups in total. The van der Waals surface area contributed by atoms with Gasteiger partial charge in [-0.25, -0.2) is 0 Å². The number of hydrogen-bond acceptors (Lipinski definition) is 5. The van der Waals surface area contributed by atoms with Gasteiger partial charge >= 0.3 is 0 Å². The van der Waals surface area contributed by atoms with Crippen LogP contribution in [0.15, 0.2) is 36.4 Å². The lowest BCUT2D eigenvalue weighted by Gasteiger charge is -2.27. The normalized spacial score (nSPS) is 13.5. The molecule has 0 aromatic heterocycles. The molecule has 0 fully saturated rings. The van der Waals surface area contributed by atoms with Gasteiger partial charge in [-0.05, 0) is 54.5 Å². The molecule has 0 saturated heterocycles. The summed E-state index contributed by atoms with van der Waals surface area (Å²) in [6, 6.07) is 11.6. The first-order valence-electron chi connectivity index (χ1n) is 10.8. The van der Waals surface area contributed by atoms with E-state index in [1.165, 1.54) is 11.8 Å². The Hall–Kier alpha value is -1.40. The smallest absolute Gasteiger partial charge is 0.195 e. The summed E-state index contributed by atoms with van der Waals surface area (Å²) < 4.78 is 11.5. The molecule has 0 heterocycles. The number of rotatable bonds is 11. The molecule has 32 heavy (non-hydrogen) atoms.